The SMILES string of the molecule is COCC1(C(=O)NCc2sc(C)nc2C)CCNC1. The molecule has 1 aromatic rings. The highest BCUT2D eigenvalue weighted by atomic mass is 32.1. The van der Waals surface area contributed by atoms with Crippen molar-refractivity contribution in [2.75, 3.05) is 26.8 Å². The number of methoxy groups -OCH3 is 1. The summed E-state index contributed by atoms with van der Waals surface area (Å²) in [6, 6.07) is 0. The van der Waals surface area contributed by atoms with E-state index in [2.05, 4.69) is 15.6 Å². The molecule has 1 aliphatic heterocycles. The van der Waals surface area contributed by atoms with Crippen molar-refractivity contribution < 1.29 is 9.53 Å². The Morgan fingerprint density at radius 1 is 1.58 bits per heavy atom. The summed E-state index contributed by atoms with van der Waals surface area (Å²) in [4.78, 5) is 17.9. The van der Waals surface area contributed by atoms with Crippen molar-refractivity contribution in [3.63, 3.8) is 0 Å². The number of thiazole rings is 1. The van der Waals surface area contributed by atoms with E-state index >= 15 is 0 Å². The summed E-state index contributed by atoms with van der Waals surface area (Å²) in [5.41, 5.74) is 0.593. The molecule has 2 heterocycles. The van der Waals surface area contributed by atoms with Crippen LogP contribution in [0.4, 0.5) is 0 Å². The molecule has 19 heavy (non-hydrogen) atoms. The molecule has 6 heteroatoms. The zero-order chi connectivity index (χ0) is 13.9. The Morgan fingerprint density at radius 2 is 2.37 bits per heavy atom. The molecule has 1 fully saturated rings. The highest BCUT2D eigenvalue weighted by molar-refractivity contribution is 7.11. The van der Waals surface area contributed by atoms with Crippen molar-refractivity contribution in [3.8, 4) is 0 Å². The number of amides is 1. The molecule has 0 saturated carbocycles. The Kier molecular flexibility index (Phi) is 4.54. The minimum absolute atomic E-state index is 0.0739. The first-order chi connectivity index (χ1) is 9.07. The molecule has 0 spiro atoms. The summed E-state index contributed by atoms with van der Waals surface area (Å²) < 4.78 is 5.22. The average Bonchev–Trinajstić information content (AvgIpc) is 2.95. The van der Waals surface area contributed by atoms with E-state index in [1.54, 1.807) is 18.4 Å². The summed E-state index contributed by atoms with van der Waals surface area (Å²) in [5, 5.41) is 7.31. The van der Waals surface area contributed by atoms with Crippen LogP contribution in [0.15, 0.2) is 0 Å². The van der Waals surface area contributed by atoms with Crippen LogP contribution in [-0.4, -0.2) is 37.7 Å². The smallest absolute Gasteiger partial charge is 0.230 e. The van der Waals surface area contributed by atoms with Gasteiger partial charge in [0.2, 0.25) is 5.91 Å². The first kappa shape index (κ1) is 14.4. The van der Waals surface area contributed by atoms with Crippen LogP contribution >= 0.6 is 11.3 Å². The molecule has 106 valence electrons. The molecule has 0 aliphatic carbocycles. The van der Waals surface area contributed by atoms with Crippen molar-refractivity contribution >= 4 is 17.2 Å². The van der Waals surface area contributed by atoms with Crippen LogP contribution in [-0.2, 0) is 16.1 Å². The highest BCUT2D eigenvalue weighted by Gasteiger charge is 2.41. The minimum atomic E-state index is -0.414. The third-order valence-corrected chi connectivity index (χ3v) is 4.63. The number of hydrogen-bond acceptors (Lipinski definition) is 5. The fourth-order valence-corrected chi connectivity index (χ4v) is 3.36. The van der Waals surface area contributed by atoms with E-state index in [-0.39, 0.29) is 5.91 Å². The largest absolute Gasteiger partial charge is 0.384 e. The van der Waals surface area contributed by atoms with Gasteiger partial charge in [-0.15, -0.1) is 11.3 Å². The van der Waals surface area contributed by atoms with Gasteiger partial charge in [0.15, 0.2) is 0 Å². The predicted octanol–water partition coefficient (Wildman–Crippen LogP) is 1.00. The predicted molar refractivity (Wildman–Crippen MR) is 75.2 cm³/mol. The van der Waals surface area contributed by atoms with Gasteiger partial charge in [-0.3, -0.25) is 4.79 Å². The Hall–Kier alpha value is -0.980. The van der Waals surface area contributed by atoms with E-state index in [4.69, 9.17) is 4.74 Å². The van der Waals surface area contributed by atoms with Crippen molar-refractivity contribution in [1.29, 1.82) is 0 Å². The average molecular weight is 283 g/mol. The van der Waals surface area contributed by atoms with Crippen molar-refractivity contribution in [2.45, 2.75) is 26.8 Å². The normalized spacial score (nSPS) is 22.7. The Bertz CT molecular complexity index is 453. The molecule has 1 aromatic heterocycles. The van der Waals surface area contributed by atoms with Crippen LogP contribution in [0.1, 0.15) is 22.0 Å². The van der Waals surface area contributed by atoms with Crippen molar-refractivity contribution in [1.82, 2.24) is 15.6 Å². The highest BCUT2D eigenvalue weighted by Crippen LogP contribution is 2.26. The topological polar surface area (TPSA) is 63.2 Å². The number of carbonyl (C=O) groups excluding carboxylic acids is 1. The third kappa shape index (κ3) is 3.13. The van der Waals surface area contributed by atoms with Gasteiger partial charge in [0.25, 0.3) is 0 Å². The molecular formula is C13H21N3O2S. The molecule has 1 amide bonds. The van der Waals surface area contributed by atoms with E-state index < -0.39 is 5.41 Å². The monoisotopic (exact) mass is 283 g/mol. The van der Waals surface area contributed by atoms with E-state index in [0.717, 1.165) is 28.5 Å². The second-order valence-electron chi connectivity index (χ2n) is 5.06. The molecule has 0 bridgehead atoms. The number of aryl methyl sites for hydroxylation is 2. The zero-order valence-electron chi connectivity index (χ0n) is 11.7. The van der Waals surface area contributed by atoms with Gasteiger partial charge in [-0.2, -0.15) is 0 Å². The quantitative estimate of drug-likeness (QED) is 0.846. The zero-order valence-corrected chi connectivity index (χ0v) is 12.5. The maximum atomic E-state index is 12.4. The first-order valence-electron chi connectivity index (χ1n) is 6.48. The Balaban J connectivity index is 1.98. The number of hydrogen-bond donors (Lipinski definition) is 2. The molecule has 2 N–H and O–H groups in total. The number of nitrogens with zero attached hydrogens (tertiary/aromatic N) is 1. The van der Waals surface area contributed by atoms with Gasteiger partial charge >= 0.3 is 0 Å². The van der Waals surface area contributed by atoms with Gasteiger partial charge in [-0.1, -0.05) is 0 Å². The molecule has 0 radical (unpaired) electrons. The van der Waals surface area contributed by atoms with Crippen LogP contribution in [0.2, 0.25) is 0 Å². The molecule has 5 nitrogen and oxygen atoms in total. The first-order valence-corrected chi connectivity index (χ1v) is 7.30. The van der Waals surface area contributed by atoms with Gasteiger partial charge in [-0.25, -0.2) is 4.98 Å². The summed E-state index contributed by atoms with van der Waals surface area (Å²) in [5.74, 6) is 0.0739. The van der Waals surface area contributed by atoms with Crippen LogP contribution in [0.3, 0.4) is 0 Å². The van der Waals surface area contributed by atoms with Crippen molar-refractivity contribution in [2.24, 2.45) is 5.41 Å². The fraction of sp³-hybridized carbons (Fsp3) is 0.692. The van der Waals surface area contributed by atoms with Gasteiger partial charge in [-0.05, 0) is 26.8 Å². The lowest BCUT2D eigenvalue weighted by Gasteiger charge is -2.25. The summed E-state index contributed by atoms with van der Waals surface area (Å²) in [7, 11) is 1.64. The number of carbonyl (C=O) groups is 1. The lowest BCUT2D eigenvalue weighted by Crippen LogP contribution is -2.45. The van der Waals surface area contributed by atoms with E-state index in [9.17, 15) is 4.79 Å². The standard InChI is InChI=1S/C13H21N3O2S/c1-9-11(19-10(2)16-9)6-15-12(17)13(8-18-3)4-5-14-7-13/h14H,4-8H2,1-3H3,(H,15,17). The molecular weight excluding hydrogens is 262 g/mol. The molecule has 1 atom stereocenters. The fourth-order valence-electron chi connectivity index (χ4n) is 2.49. The summed E-state index contributed by atoms with van der Waals surface area (Å²) >= 11 is 1.64. The van der Waals surface area contributed by atoms with Crippen LogP contribution < -0.4 is 10.6 Å². The number of rotatable bonds is 5. The molecule has 1 aliphatic rings. The molecule has 2 rings (SSSR count). The molecule has 1 unspecified atom stereocenters. The van der Waals surface area contributed by atoms with Gasteiger partial charge in [0.05, 0.1) is 29.3 Å². The number of ether oxygens (including phenoxy) is 1. The second kappa shape index (κ2) is 5.98. The lowest BCUT2D eigenvalue weighted by molar-refractivity contribution is -0.133. The minimum Gasteiger partial charge on any atom is -0.384 e. The number of aromatic nitrogens is 1. The van der Waals surface area contributed by atoms with Gasteiger partial charge < -0.3 is 15.4 Å². The van der Waals surface area contributed by atoms with Crippen LogP contribution in [0, 0.1) is 19.3 Å². The lowest BCUT2D eigenvalue weighted by atomic mass is 9.87. The van der Waals surface area contributed by atoms with Gasteiger partial charge in [0.1, 0.15) is 0 Å². The van der Waals surface area contributed by atoms with Crippen molar-refractivity contribution in [3.05, 3.63) is 15.6 Å². The van der Waals surface area contributed by atoms with E-state index in [0.29, 0.717) is 19.7 Å². The van der Waals surface area contributed by atoms with E-state index in [1.807, 2.05) is 13.8 Å². The molecule has 1 saturated heterocycles. The Labute approximate surface area is 117 Å². The van der Waals surface area contributed by atoms with E-state index in [1.165, 1.54) is 0 Å². The molecule has 0 aromatic carbocycles. The van der Waals surface area contributed by atoms with Crippen LogP contribution in [0.5, 0.6) is 0 Å². The summed E-state index contributed by atoms with van der Waals surface area (Å²) in [6.45, 7) is 6.54. The van der Waals surface area contributed by atoms with Crippen LogP contribution in [0.25, 0.3) is 0 Å². The second-order valence-corrected chi connectivity index (χ2v) is 6.35. The van der Waals surface area contributed by atoms with Gasteiger partial charge in [0, 0.05) is 18.5 Å². The summed E-state index contributed by atoms with van der Waals surface area (Å²) in [6.07, 6.45) is 0.827. The maximum absolute atomic E-state index is 12.4. The third-order valence-electron chi connectivity index (χ3n) is 3.56. The maximum Gasteiger partial charge on any atom is 0.230 e. The number of nitrogens with one attached hydrogen (secondary N) is 2. The Morgan fingerprint density at radius 3 is 2.89 bits per heavy atom.